The van der Waals surface area contributed by atoms with Gasteiger partial charge >= 0.3 is 0 Å². The van der Waals surface area contributed by atoms with Crippen LogP contribution in [0.1, 0.15) is 22.8 Å². The van der Waals surface area contributed by atoms with E-state index in [1.54, 1.807) is 41.7 Å². The van der Waals surface area contributed by atoms with E-state index in [0.717, 1.165) is 11.1 Å². The number of benzene rings is 2. The van der Waals surface area contributed by atoms with E-state index in [1.165, 1.54) is 29.2 Å². The summed E-state index contributed by atoms with van der Waals surface area (Å²) in [5, 5.41) is 24.1. The lowest BCUT2D eigenvalue weighted by atomic mass is 9.89. The third-order valence-electron chi connectivity index (χ3n) is 6.78. The zero-order chi connectivity index (χ0) is 26.1. The number of aromatic nitrogens is 1. The number of rotatable bonds is 7. The standard InChI is InChI=1S/C27H25N5O5/c1-17-5-2-3-7-21(17)25(33)23-13-12-22-24(31(23)29-19-8-10-20(11-9-19)32(36)37)27(35)30(26(22)34)16-18-6-4-14-28-15-18/h2-15,22-25,29,33H,16H2,1H3/t22-,23-,24+,25-/m1/s1. The van der Waals surface area contributed by atoms with Crippen LogP contribution in [0.5, 0.6) is 0 Å². The van der Waals surface area contributed by atoms with Gasteiger partial charge in [0, 0.05) is 30.2 Å². The second-order valence-electron chi connectivity index (χ2n) is 9.09. The zero-order valence-corrected chi connectivity index (χ0v) is 20.0. The topological polar surface area (TPSA) is 129 Å². The highest BCUT2D eigenvalue weighted by Gasteiger charge is 2.53. The van der Waals surface area contributed by atoms with Crippen molar-refractivity contribution in [2.24, 2.45) is 5.92 Å². The zero-order valence-electron chi connectivity index (χ0n) is 20.0. The number of nitrogens with zero attached hydrogens (tertiary/aromatic N) is 4. The van der Waals surface area contributed by atoms with Crippen LogP contribution in [-0.4, -0.2) is 48.8 Å². The molecule has 10 heteroatoms. The number of amides is 2. The average molecular weight is 500 g/mol. The van der Waals surface area contributed by atoms with Crippen molar-refractivity contribution in [2.75, 3.05) is 5.43 Å². The van der Waals surface area contributed by atoms with Gasteiger partial charge in [0.25, 0.3) is 5.69 Å². The van der Waals surface area contributed by atoms with Crippen molar-refractivity contribution in [1.29, 1.82) is 0 Å². The average Bonchev–Trinajstić information content (AvgIpc) is 3.14. The number of fused-ring (bicyclic) bond motifs is 1. The highest BCUT2D eigenvalue weighted by Crippen LogP contribution is 2.37. The molecule has 0 aliphatic carbocycles. The summed E-state index contributed by atoms with van der Waals surface area (Å²) < 4.78 is 0. The van der Waals surface area contributed by atoms with Crippen molar-refractivity contribution in [3.63, 3.8) is 0 Å². The number of imide groups is 1. The summed E-state index contributed by atoms with van der Waals surface area (Å²) in [5.41, 5.74) is 5.86. The summed E-state index contributed by atoms with van der Waals surface area (Å²) in [4.78, 5) is 42.9. The van der Waals surface area contributed by atoms with Gasteiger partial charge in [-0.05, 0) is 41.8 Å². The first-order valence-corrected chi connectivity index (χ1v) is 11.8. The Bertz CT molecular complexity index is 1360. The first-order chi connectivity index (χ1) is 17.8. The SMILES string of the molecule is Cc1ccccc1[C@@H](O)[C@H]1C=C[C@H]2C(=O)N(Cc3cccnc3)C(=O)[C@H]2N1Nc1ccc([N+](=O)[O-])cc1. The molecule has 1 aromatic heterocycles. The molecule has 0 spiro atoms. The molecule has 0 radical (unpaired) electrons. The Morgan fingerprint density at radius 1 is 1.05 bits per heavy atom. The molecule has 188 valence electrons. The summed E-state index contributed by atoms with van der Waals surface area (Å²) in [6, 6.07) is 15.1. The third-order valence-corrected chi connectivity index (χ3v) is 6.78. The van der Waals surface area contributed by atoms with Crippen LogP contribution in [0.15, 0.2) is 85.2 Å². The number of anilines is 1. The van der Waals surface area contributed by atoms with E-state index in [2.05, 4.69) is 10.4 Å². The Kier molecular flexibility index (Phi) is 6.51. The number of hydrogen-bond acceptors (Lipinski definition) is 8. The molecule has 10 nitrogen and oxygen atoms in total. The molecule has 0 bridgehead atoms. The Hall–Kier alpha value is -4.41. The number of aliphatic hydroxyl groups excluding tert-OH is 1. The third kappa shape index (κ3) is 4.59. The minimum absolute atomic E-state index is 0.0757. The van der Waals surface area contributed by atoms with Gasteiger partial charge in [0.15, 0.2) is 0 Å². The maximum absolute atomic E-state index is 13.7. The fourth-order valence-corrected chi connectivity index (χ4v) is 4.87. The molecule has 4 atom stereocenters. The number of carbonyl (C=O) groups excluding carboxylic acids is 2. The second kappa shape index (κ2) is 9.92. The number of hydrazine groups is 1. The van der Waals surface area contributed by atoms with Crippen LogP contribution < -0.4 is 5.43 Å². The molecule has 0 saturated carbocycles. The maximum atomic E-state index is 13.7. The van der Waals surface area contributed by atoms with E-state index in [-0.39, 0.29) is 18.1 Å². The normalized spacial score (nSPS) is 22.1. The molecule has 0 unspecified atom stereocenters. The van der Waals surface area contributed by atoms with Crippen molar-refractivity contribution < 1.29 is 19.6 Å². The lowest BCUT2D eigenvalue weighted by Gasteiger charge is -2.41. The van der Waals surface area contributed by atoms with Crippen LogP contribution in [0.2, 0.25) is 0 Å². The summed E-state index contributed by atoms with van der Waals surface area (Å²) in [6.45, 7) is 1.98. The highest BCUT2D eigenvalue weighted by atomic mass is 16.6. The van der Waals surface area contributed by atoms with Gasteiger partial charge in [0.1, 0.15) is 12.1 Å². The number of nitro benzene ring substituents is 1. The molecule has 37 heavy (non-hydrogen) atoms. The molecule has 2 aliphatic heterocycles. The molecular weight excluding hydrogens is 474 g/mol. The molecule has 5 rings (SSSR count). The van der Waals surface area contributed by atoms with Crippen LogP contribution in [0.4, 0.5) is 11.4 Å². The van der Waals surface area contributed by atoms with E-state index in [0.29, 0.717) is 11.3 Å². The number of carbonyl (C=O) groups is 2. The second-order valence-corrected chi connectivity index (χ2v) is 9.09. The van der Waals surface area contributed by atoms with E-state index in [1.807, 2.05) is 31.2 Å². The summed E-state index contributed by atoms with van der Waals surface area (Å²) in [7, 11) is 0. The quantitative estimate of drug-likeness (QED) is 0.220. The first-order valence-electron chi connectivity index (χ1n) is 11.8. The first kappa shape index (κ1) is 24.3. The lowest BCUT2D eigenvalue weighted by molar-refractivity contribution is -0.384. The number of aryl methyl sites for hydroxylation is 1. The molecule has 2 aromatic carbocycles. The van der Waals surface area contributed by atoms with Gasteiger partial charge in [-0.3, -0.25) is 29.6 Å². The summed E-state index contributed by atoms with van der Waals surface area (Å²) >= 11 is 0. The maximum Gasteiger partial charge on any atom is 0.269 e. The van der Waals surface area contributed by atoms with Crippen LogP contribution >= 0.6 is 0 Å². The van der Waals surface area contributed by atoms with Crippen molar-refractivity contribution in [3.05, 3.63) is 112 Å². The number of nitro groups is 1. The molecule has 3 heterocycles. The number of nitrogens with one attached hydrogen (secondary N) is 1. The number of hydrogen-bond donors (Lipinski definition) is 2. The largest absolute Gasteiger partial charge is 0.386 e. The van der Waals surface area contributed by atoms with Gasteiger partial charge in [0.05, 0.1) is 23.4 Å². The van der Waals surface area contributed by atoms with Crippen molar-refractivity contribution in [2.45, 2.75) is 31.7 Å². The number of pyridine rings is 1. The number of likely N-dealkylation sites (tertiary alicyclic amines) is 1. The monoisotopic (exact) mass is 499 g/mol. The number of non-ortho nitro benzene ring substituents is 1. The van der Waals surface area contributed by atoms with Crippen molar-refractivity contribution >= 4 is 23.2 Å². The van der Waals surface area contributed by atoms with Gasteiger partial charge in [-0.25, -0.2) is 5.01 Å². The van der Waals surface area contributed by atoms with Gasteiger partial charge < -0.3 is 10.5 Å². The number of aliphatic hydroxyl groups is 1. The lowest BCUT2D eigenvalue weighted by Crippen LogP contribution is -2.55. The predicted molar refractivity (Wildman–Crippen MR) is 135 cm³/mol. The van der Waals surface area contributed by atoms with Gasteiger partial charge in [-0.2, -0.15) is 0 Å². The minimum Gasteiger partial charge on any atom is -0.386 e. The minimum atomic E-state index is -1.01. The van der Waals surface area contributed by atoms with Gasteiger partial charge in [-0.15, -0.1) is 0 Å². The van der Waals surface area contributed by atoms with Crippen LogP contribution in [0.3, 0.4) is 0 Å². The van der Waals surface area contributed by atoms with E-state index < -0.39 is 34.9 Å². The Labute approximate surface area is 213 Å². The van der Waals surface area contributed by atoms with Crippen LogP contribution in [0.25, 0.3) is 0 Å². The van der Waals surface area contributed by atoms with Gasteiger partial charge in [0.2, 0.25) is 11.8 Å². The molecule has 1 saturated heterocycles. The Balaban J connectivity index is 1.51. The smallest absolute Gasteiger partial charge is 0.269 e. The van der Waals surface area contributed by atoms with Crippen LogP contribution in [-0.2, 0) is 16.1 Å². The van der Waals surface area contributed by atoms with Crippen molar-refractivity contribution in [3.8, 4) is 0 Å². The van der Waals surface area contributed by atoms with E-state index in [9.17, 15) is 24.8 Å². The van der Waals surface area contributed by atoms with Gasteiger partial charge in [-0.1, -0.05) is 42.5 Å². The molecule has 2 amide bonds. The molecule has 2 aliphatic rings. The Morgan fingerprint density at radius 2 is 1.81 bits per heavy atom. The molecule has 3 aromatic rings. The fourth-order valence-electron chi connectivity index (χ4n) is 4.87. The van der Waals surface area contributed by atoms with E-state index in [4.69, 9.17) is 0 Å². The summed E-state index contributed by atoms with van der Waals surface area (Å²) in [6.07, 6.45) is 5.63. The van der Waals surface area contributed by atoms with E-state index >= 15 is 0 Å². The predicted octanol–water partition coefficient (Wildman–Crippen LogP) is 3.15. The molecule has 1 fully saturated rings. The highest BCUT2D eigenvalue weighted by molar-refractivity contribution is 6.08. The molecule has 2 N–H and O–H groups in total. The fraction of sp³-hybridized carbons (Fsp3) is 0.222. The summed E-state index contributed by atoms with van der Waals surface area (Å²) in [5.74, 6) is -1.50. The van der Waals surface area contributed by atoms with Crippen LogP contribution in [0, 0.1) is 23.0 Å². The Morgan fingerprint density at radius 3 is 2.49 bits per heavy atom. The molecular formula is C27H25N5O5. The van der Waals surface area contributed by atoms with Crippen molar-refractivity contribution in [1.82, 2.24) is 14.9 Å².